The Kier molecular flexibility index (Phi) is 4.39. The van der Waals surface area contributed by atoms with Gasteiger partial charge in [0.1, 0.15) is 11.5 Å². The molecular formula is C23H28N2O2. The second kappa shape index (κ2) is 6.61. The minimum Gasteiger partial charge on any atom is -0.496 e. The molecule has 1 aromatic heterocycles. The lowest BCUT2D eigenvalue weighted by Crippen LogP contribution is -2.31. The number of ether oxygens (including phenoxy) is 2. The summed E-state index contributed by atoms with van der Waals surface area (Å²) in [7, 11) is 3.48. The molecule has 4 heteroatoms. The van der Waals surface area contributed by atoms with E-state index in [9.17, 15) is 0 Å². The van der Waals surface area contributed by atoms with Crippen LogP contribution < -0.4 is 14.8 Å². The van der Waals surface area contributed by atoms with Crippen LogP contribution in [0.1, 0.15) is 49.2 Å². The van der Waals surface area contributed by atoms with Gasteiger partial charge in [-0.25, -0.2) is 0 Å². The van der Waals surface area contributed by atoms with Gasteiger partial charge in [0.05, 0.1) is 20.3 Å². The first-order valence-electron chi connectivity index (χ1n) is 9.53. The van der Waals surface area contributed by atoms with Crippen LogP contribution >= 0.6 is 0 Å². The average Bonchev–Trinajstić information content (AvgIpc) is 3.05. The smallest absolute Gasteiger partial charge is 0.124 e. The minimum atomic E-state index is -0.0244. The van der Waals surface area contributed by atoms with Crippen LogP contribution in [0.4, 0.5) is 0 Å². The average molecular weight is 364 g/mol. The number of para-hydroxylation sites is 1. The van der Waals surface area contributed by atoms with Gasteiger partial charge < -0.3 is 19.8 Å². The van der Waals surface area contributed by atoms with E-state index in [1.807, 2.05) is 0 Å². The predicted molar refractivity (Wildman–Crippen MR) is 110 cm³/mol. The van der Waals surface area contributed by atoms with Crippen molar-refractivity contribution in [3.63, 3.8) is 0 Å². The predicted octanol–water partition coefficient (Wildman–Crippen LogP) is 4.72. The van der Waals surface area contributed by atoms with Crippen LogP contribution in [0.25, 0.3) is 10.9 Å². The van der Waals surface area contributed by atoms with Crippen molar-refractivity contribution in [3.8, 4) is 11.5 Å². The quantitative estimate of drug-likeness (QED) is 0.707. The Labute approximate surface area is 160 Å². The topological polar surface area (TPSA) is 46.3 Å². The molecule has 0 amide bonds. The Morgan fingerprint density at radius 2 is 1.74 bits per heavy atom. The summed E-state index contributed by atoms with van der Waals surface area (Å²) in [5.41, 5.74) is 6.05. The number of hydrogen-bond acceptors (Lipinski definition) is 3. The third-order valence-electron chi connectivity index (χ3n) is 5.53. The lowest BCUT2D eigenvalue weighted by atomic mass is 9.84. The summed E-state index contributed by atoms with van der Waals surface area (Å²) in [6.45, 7) is 7.52. The lowest BCUT2D eigenvalue weighted by Gasteiger charge is -2.29. The van der Waals surface area contributed by atoms with Crippen LogP contribution in [0.2, 0.25) is 0 Å². The maximum absolute atomic E-state index is 5.81. The number of H-pyrrole nitrogens is 1. The summed E-state index contributed by atoms with van der Waals surface area (Å²) in [5.74, 6) is 1.80. The molecule has 3 aromatic rings. The van der Waals surface area contributed by atoms with Crippen molar-refractivity contribution in [2.24, 2.45) is 0 Å². The van der Waals surface area contributed by atoms with Crippen LogP contribution in [0.5, 0.6) is 11.5 Å². The molecular weight excluding hydrogens is 336 g/mol. The molecule has 0 saturated carbocycles. The normalized spacial score (nSPS) is 17.0. The number of aromatic nitrogens is 1. The molecule has 2 N–H and O–H groups in total. The van der Waals surface area contributed by atoms with Gasteiger partial charge in [0, 0.05) is 34.3 Å². The van der Waals surface area contributed by atoms with E-state index in [1.54, 1.807) is 14.2 Å². The van der Waals surface area contributed by atoms with E-state index in [4.69, 9.17) is 9.47 Å². The summed E-state index contributed by atoms with van der Waals surface area (Å²) < 4.78 is 11.6. The van der Waals surface area contributed by atoms with Gasteiger partial charge in [0.25, 0.3) is 0 Å². The van der Waals surface area contributed by atoms with E-state index >= 15 is 0 Å². The summed E-state index contributed by atoms with van der Waals surface area (Å²) in [5, 5.41) is 4.99. The molecule has 4 nitrogen and oxygen atoms in total. The molecule has 1 aliphatic heterocycles. The fraction of sp³-hybridized carbons (Fsp3) is 0.391. The van der Waals surface area contributed by atoms with Gasteiger partial charge in [0.15, 0.2) is 0 Å². The highest BCUT2D eigenvalue weighted by molar-refractivity contribution is 5.85. The molecule has 0 fully saturated rings. The molecule has 142 valence electrons. The second-order valence-corrected chi connectivity index (χ2v) is 8.24. The molecule has 0 radical (unpaired) electrons. The lowest BCUT2D eigenvalue weighted by molar-refractivity contribution is 0.380. The highest BCUT2D eigenvalue weighted by Crippen LogP contribution is 2.42. The van der Waals surface area contributed by atoms with Crippen LogP contribution in [0, 0.1) is 0 Å². The number of rotatable bonds is 3. The van der Waals surface area contributed by atoms with Crippen LogP contribution in [-0.4, -0.2) is 25.7 Å². The number of nitrogens with one attached hydrogen (secondary N) is 2. The molecule has 0 saturated heterocycles. The first kappa shape index (κ1) is 17.9. The Hall–Kier alpha value is -2.46. The van der Waals surface area contributed by atoms with Crippen molar-refractivity contribution in [1.82, 2.24) is 10.3 Å². The third kappa shape index (κ3) is 2.98. The maximum Gasteiger partial charge on any atom is 0.124 e. The second-order valence-electron chi connectivity index (χ2n) is 8.24. The standard InChI is InChI=1S/C23H28N2O2/c1-23(2,3)17-13-19(26-4)16(12-20(17)27-5)21-22-15(10-11-24-21)14-8-6-7-9-18(14)25-22/h6-9,12-13,21,24-25H,10-11H2,1-5H3. The van der Waals surface area contributed by atoms with Crippen LogP contribution in [0.3, 0.4) is 0 Å². The van der Waals surface area contributed by atoms with Gasteiger partial charge >= 0.3 is 0 Å². The summed E-state index contributed by atoms with van der Waals surface area (Å²) in [6, 6.07) is 12.9. The van der Waals surface area contributed by atoms with Gasteiger partial charge in [-0.3, -0.25) is 0 Å². The van der Waals surface area contributed by atoms with E-state index in [1.165, 1.54) is 22.2 Å². The van der Waals surface area contributed by atoms with Crippen molar-refractivity contribution in [2.45, 2.75) is 38.6 Å². The third-order valence-corrected chi connectivity index (χ3v) is 5.53. The number of aromatic amines is 1. The molecule has 2 aromatic carbocycles. The van der Waals surface area contributed by atoms with Crippen molar-refractivity contribution in [2.75, 3.05) is 20.8 Å². The highest BCUT2D eigenvalue weighted by Gasteiger charge is 2.30. The number of fused-ring (bicyclic) bond motifs is 3. The monoisotopic (exact) mass is 364 g/mol. The number of benzene rings is 2. The van der Waals surface area contributed by atoms with Crippen LogP contribution in [-0.2, 0) is 11.8 Å². The molecule has 0 aliphatic carbocycles. The first-order chi connectivity index (χ1) is 12.9. The molecule has 0 spiro atoms. The number of methoxy groups -OCH3 is 2. The van der Waals surface area contributed by atoms with Crippen molar-refractivity contribution >= 4 is 10.9 Å². The summed E-state index contributed by atoms with van der Waals surface area (Å²) >= 11 is 0. The Morgan fingerprint density at radius 1 is 1.00 bits per heavy atom. The van der Waals surface area contributed by atoms with Gasteiger partial charge in [0.2, 0.25) is 0 Å². The SMILES string of the molecule is COc1cc(C(C)(C)C)c(OC)cc1C1NCCc2c1[nH]c1ccccc21. The van der Waals surface area contributed by atoms with E-state index in [-0.39, 0.29) is 11.5 Å². The zero-order valence-electron chi connectivity index (χ0n) is 16.8. The van der Waals surface area contributed by atoms with E-state index in [0.29, 0.717) is 0 Å². The Bertz CT molecular complexity index is 982. The van der Waals surface area contributed by atoms with Crippen molar-refractivity contribution < 1.29 is 9.47 Å². The molecule has 1 aliphatic rings. The zero-order chi connectivity index (χ0) is 19.2. The largest absolute Gasteiger partial charge is 0.496 e. The summed E-state index contributed by atoms with van der Waals surface area (Å²) in [6.07, 6.45) is 1.02. The summed E-state index contributed by atoms with van der Waals surface area (Å²) in [4.78, 5) is 3.64. The molecule has 0 bridgehead atoms. The first-order valence-corrected chi connectivity index (χ1v) is 9.53. The number of hydrogen-bond donors (Lipinski definition) is 2. The molecule has 27 heavy (non-hydrogen) atoms. The van der Waals surface area contributed by atoms with Gasteiger partial charge in [-0.15, -0.1) is 0 Å². The fourth-order valence-electron chi connectivity index (χ4n) is 4.18. The van der Waals surface area contributed by atoms with Gasteiger partial charge in [-0.1, -0.05) is 39.0 Å². The van der Waals surface area contributed by atoms with E-state index in [2.05, 4.69) is 67.5 Å². The van der Waals surface area contributed by atoms with Crippen molar-refractivity contribution in [1.29, 1.82) is 0 Å². The molecule has 2 heterocycles. The van der Waals surface area contributed by atoms with E-state index in [0.717, 1.165) is 35.6 Å². The van der Waals surface area contributed by atoms with Gasteiger partial charge in [-0.05, 0) is 35.6 Å². The van der Waals surface area contributed by atoms with Crippen LogP contribution in [0.15, 0.2) is 36.4 Å². The fourth-order valence-corrected chi connectivity index (χ4v) is 4.18. The maximum atomic E-state index is 5.81. The van der Waals surface area contributed by atoms with Gasteiger partial charge in [-0.2, -0.15) is 0 Å². The molecule has 1 atom stereocenters. The zero-order valence-corrected chi connectivity index (χ0v) is 16.8. The van der Waals surface area contributed by atoms with E-state index < -0.39 is 0 Å². The highest BCUT2D eigenvalue weighted by atomic mass is 16.5. The molecule has 4 rings (SSSR count). The minimum absolute atomic E-state index is 0.0244. The molecule has 1 unspecified atom stereocenters. The Morgan fingerprint density at radius 3 is 2.44 bits per heavy atom. The Balaban J connectivity index is 1.90. The van der Waals surface area contributed by atoms with Crippen molar-refractivity contribution in [3.05, 3.63) is 58.8 Å².